The first-order chi connectivity index (χ1) is 14.2. The quantitative estimate of drug-likeness (QED) is 0.451. The molecule has 11 heteroatoms. The number of anilines is 3. The Bertz CT molecular complexity index is 1170. The topological polar surface area (TPSA) is 140 Å². The van der Waals surface area contributed by atoms with Crippen LogP contribution < -0.4 is 10.2 Å². The van der Waals surface area contributed by atoms with Gasteiger partial charge in [-0.1, -0.05) is 6.92 Å². The van der Waals surface area contributed by atoms with Crippen LogP contribution in [0.25, 0.3) is 5.65 Å². The molecule has 0 amide bonds. The first kappa shape index (κ1) is 17.2. The molecular formula is C18H19N11. The molecule has 0 radical (unpaired) electrons. The highest BCUT2D eigenvalue weighted by atomic mass is 15.4. The van der Waals surface area contributed by atoms with Gasteiger partial charge in [0.2, 0.25) is 5.95 Å². The zero-order valence-corrected chi connectivity index (χ0v) is 15.8. The van der Waals surface area contributed by atoms with Gasteiger partial charge in [0.25, 0.3) is 0 Å². The number of rotatable bonds is 6. The van der Waals surface area contributed by atoms with Crippen LogP contribution in [0.2, 0.25) is 0 Å². The number of aryl methyl sites for hydroxylation is 1. The molecule has 1 fully saturated rings. The van der Waals surface area contributed by atoms with Crippen molar-refractivity contribution in [1.82, 2.24) is 40.2 Å². The third kappa shape index (κ3) is 2.77. The molecule has 1 aliphatic heterocycles. The summed E-state index contributed by atoms with van der Waals surface area (Å²) < 4.78 is 1.73. The first-order valence-electron chi connectivity index (χ1n) is 9.35. The van der Waals surface area contributed by atoms with Crippen LogP contribution in [0.3, 0.4) is 0 Å². The van der Waals surface area contributed by atoms with Gasteiger partial charge in [-0.2, -0.15) is 25.7 Å². The molecule has 5 rings (SSSR count). The molecule has 0 bridgehead atoms. The van der Waals surface area contributed by atoms with Crippen molar-refractivity contribution < 1.29 is 0 Å². The molecule has 0 unspecified atom stereocenters. The van der Waals surface area contributed by atoms with Crippen molar-refractivity contribution in [3.63, 3.8) is 0 Å². The SMILES string of the molecule is CCc1cn[nH]c1C1(CC#N)CN(c2cccn3nc(Nc4cn[nH]n4)nc23)C1. The predicted octanol–water partition coefficient (Wildman–Crippen LogP) is 1.55. The molecule has 1 saturated heterocycles. The van der Waals surface area contributed by atoms with Gasteiger partial charge in [0.15, 0.2) is 11.5 Å². The van der Waals surface area contributed by atoms with Crippen molar-refractivity contribution >= 4 is 23.1 Å². The molecule has 0 aliphatic carbocycles. The third-order valence-corrected chi connectivity index (χ3v) is 5.37. The maximum absolute atomic E-state index is 9.43. The van der Waals surface area contributed by atoms with Gasteiger partial charge in [0.1, 0.15) is 0 Å². The smallest absolute Gasteiger partial charge is 0.248 e. The van der Waals surface area contributed by atoms with E-state index in [2.05, 4.69) is 58.9 Å². The van der Waals surface area contributed by atoms with Crippen molar-refractivity contribution in [1.29, 1.82) is 5.26 Å². The fourth-order valence-corrected chi connectivity index (χ4v) is 3.97. The van der Waals surface area contributed by atoms with E-state index in [1.54, 1.807) is 10.7 Å². The van der Waals surface area contributed by atoms with E-state index in [1.165, 1.54) is 5.56 Å². The highest BCUT2D eigenvalue weighted by Gasteiger charge is 2.47. The summed E-state index contributed by atoms with van der Waals surface area (Å²) in [5.41, 5.74) is 3.70. The number of aromatic nitrogens is 8. The molecular weight excluding hydrogens is 370 g/mol. The Kier molecular flexibility index (Phi) is 3.90. The Hall–Kier alpha value is -3.94. The molecule has 4 aromatic heterocycles. The molecule has 3 N–H and O–H groups in total. The van der Waals surface area contributed by atoms with Crippen LogP contribution in [0.4, 0.5) is 17.5 Å². The van der Waals surface area contributed by atoms with Crippen molar-refractivity contribution in [3.05, 3.63) is 42.0 Å². The number of nitrogens with zero attached hydrogens (tertiary/aromatic N) is 8. The van der Waals surface area contributed by atoms with Crippen LogP contribution in [0, 0.1) is 11.3 Å². The highest BCUT2D eigenvalue weighted by Crippen LogP contribution is 2.41. The van der Waals surface area contributed by atoms with Crippen molar-refractivity contribution in [2.24, 2.45) is 0 Å². The number of nitriles is 1. The Morgan fingerprint density at radius 3 is 2.97 bits per heavy atom. The zero-order valence-electron chi connectivity index (χ0n) is 15.8. The van der Waals surface area contributed by atoms with Gasteiger partial charge >= 0.3 is 0 Å². The fourth-order valence-electron chi connectivity index (χ4n) is 3.97. The molecule has 146 valence electrons. The van der Waals surface area contributed by atoms with E-state index in [9.17, 15) is 5.26 Å². The largest absolute Gasteiger partial charge is 0.366 e. The maximum atomic E-state index is 9.43. The minimum atomic E-state index is -0.245. The van der Waals surface area contributed by atoms with Gasteiger partial charge in [0.05, 0.1) is 29.6 Å². The molecule has 0 saturated carbocycles. The van der Waals surface area contributed by atoms with E-state index in [-0.39, 0.29) is 5.41 Å². The van der Waals surface area contributed by atoms with E-state index < -0.39 is 0 Å². The Morgan fingerprint density at radius 1 is 1.31 bits per heavy atom. The van der Waals surface area contributed by atoms with Crippen LogP contribution in [0.1, 0.15) is 24.6 Å². The molecule has 11 nitrogen and oxygen atoms in total. The zero-order chi connectivity index (χ0) is 19.8. The molecule has 1 aliphatic rings. The lowest BCUT2D eigenvalue weighted by atomic mass is 9.72. The van der Waals surface area contributed by atoms with Crippen LogP contribution >= 0.6 is 0 Å². The second-order valence-corrected chi connectivity index (χ2v) is 7.17. The van der Waals surface area contributed by atoms with Crippen molar-refractivity contribution in [3.8, 4) is 6.07 Å². The lowest BCUT2D eigenvalue weighted by molar-refractivity contribution is 0.325. The van der Waals surface area contributed by atoms with Gasteiger partial charge in [-0.15, -0.1) is 10.2 Å². The van der Waals surface area contributed by atoms with Crippen molar-refractivity contribution in [2.75, 3.05) is 23.3 Å². The predicted molar refractivity (Wildman–Crippen MR) is 105 cm³/mol. The number of pyridine rings is 1. The summed E-state index contributed by atoms with van der Waals surface area (Å²) in [7, 11) is 0. The number of nitrogens with one attached hydrogen (secondary N) is 3. The number of hydrogen-bond acceptors (Lipinski definition) is 8. The lowest BCUT2D eigenvalue weighted by Gasteiger charge is -2.50. The first-order valence-corrected chi connectivity index (χ1v) is 9.35. The van der Waals surface area contributed by atoms with Gasteiger partial charge in [-0.3, -0.25) is 5.10 Å². The number of aromatic amines is 2. The molecule has 5 heterocycles. The Labute approximate surface area is 165 Å². The summed E-state index contributed by atoms with van der Waals surface area (Å²) in [4.78, 5) is 6.84. The van der Waals surface area contributed by atoms with E-state index in [1.807, 2.05) is 24.5 Å². The van der Waals surface area contributed by atoms with E-state index in [0.29, 0.717) is 31.3 Å². The van der Waals surface area contributed by atoms with Gasteiger partial charge in [-0.05, 0) is 24.1 Å². The molecule has 4 aromatic rings. The lowest BCUT2D eigenvalue weighted by Crippen LogP contribution is -2.60. The van der Waals surface area contributed by atoms with Gasteiger partial charge in [-0.25, -0.2) is 4.52 Å². The summed E-state index contributed by atoms with van der Waals surface area (Å²) in [6.45, 7) is 3.54. The highest BCUT2D eigenvalue weighted by molar-refractivity contribution is 5.72. The summed E-state index contributed by atoms with van der Waals surface area (Å²) in [5, 5.41) is 34.5. The summed E-state index contributed by atoms with van der Waals surface area (Å²) in [6, 6.07) is 6.32. The monoisotopic (exact) mass is 389 g/mol. The van der Waals surface area contributed by atoms with E-state index in [0.717, 1.165) is 23.4 Å². The number of fused-ring (bicyclic) bond motifs is 1. The minimum absolute atomic E-state index is 0.245. The normalized spacial score (nSPS) is 15.2. The molecule has 29 heavy (non-hydrogen) atoms. The number of hydrogen-bond donors (Lipinski definition) is 3. The van der Waals surface area contributed by atoms with Crippen LogP contribution in [0.15, 0.2) is 30.7 Å². The average Bonchev–Trinajstić information content (AvgIpc) is 3.44. The molecule has 0 atom stereocenters. The Morgan fingerprint density at radius 2 is 2.21 bits per heavy atom. The fraction of sp³-hybridized carbons (Fsp3) is 0.333. The minimum Gasteiger partial charge on any atom is -0.366 e. The second-order valence-electron chi connectivity index (χ2n) is 7.17. The summed E-state index contributed by atoms with van der Waals surface area (Å²) >= 11 is 0. The van der Waals surface area contributed by atoms with E-state index >= 15 is 0 Å². The van der Waals surface area contributed by atoms with E-state index in [4.69, 9.17) is 0 Å². The summed E-state index contributed by atoms with van der Waals surface area (Å²) in [5.74, 6) is 0.989. The third-order valence-electron chi connectivity index (χ3n) is 5.37. The standard InChI is InChI=1S/C18H19N11/c1-2-12-8-20-25-15(12)18(5-6-19)10-28(11-18)13-4-3-7-29-16(13)23-17(26-29)22-14-9-21-27-24-14/h3-4,7-9H,2,5,10-11H2,1H3,(H,20,25)(H2,21,22,24,26,27). The van der Waals surface area contributed by atoms with Crippen LogP contribution in [-0.4, -0.2) is 53.3 Å². The van der Waals surface area contributed by atoms with Gasteiger partial charge < -0.3 is 10.2 Å². The Balaban J connectivity index is 1.44. The second kappa shape index (κ2) is 6.59. The average molecular weight is 389 g/mol. The van der Waals surface area contributed by atoms with Crippen molar-refractivity contribution in [2.45, 2.75) is 25.2 Å². The van der Waals surface area contributed by atoms with Gasteiger partial charge in [0, 0.05) is 31.4 Å². The molecule has 0 spiro atoms. The number of H-pyrrole nitrogens is 2. The maximum Gasteiger partial charge on any atom is 0.248 e. The summed E-state index contributed by atoms with van der Waals surface area (Å²) in [6.07, 6.45) is 6.60. The molecule has 0 aromatic carbocycles. The van der Waals surface area contributed by atoms with Crippen LogP contribution in [0.5, 0.6) is 0 Å². The van der Waals surface area contributed by atoms with Crippen LogP contribution in [-0.2, 0) is 11.8 Å².